The molecule has 1 aliphatic carbocycles. The molecule has 39 heavy (non-hydrogen) atoms. The van der Waals surface area contributed by atoms with Crippen molar-refractivity contribution < 1.29 is 19.0 Å². The minimum absolute atomic E-state index is 0.136. The molecule has 1 saturated carbocycles. The summed E-state index contributed by atoms with van der Waals surface area (Å²) < 4.78 is 16.6. The lowest BCUT2D eigenvalue weighted by molar-refractivity contribution is -0.139. The number of rotatable bonds is 8. The highest BCUT2D eigenvalue weighted by Gasteiger charge is 2.38. The van der Waals surface area contributed by atoms with Crippen molar-refractivity contribution in [2.75, 3.05) is 19.5 Å². The van der Waals surface area contributed by atoms with Crippen LogP contribution < -0.4 is 14.8 Å². The van der Waals surface area contributed by atoms with Crippen LogP contribution in [0.4, 0.5) is 11.4 Å². The second-order valence-corrected chi connectivity index (χ2v) is 12.0. The number of benzene rings is 2. The van der Waals surface area contributed by atoms with Gasteiger partial charge in [0.05, 0.1) is 32.4 Å². The van der Waals surface area contributed by atoms with Gasteiger partial charge in [-0.2, -0.15) is 0 Å². The lowest BCUT2D eigenvalue weighted by atomic mass is 9.63. The molecule has 1 heterocycles. The third-order valence-electron chi connectivity index (χ3n) is 8.44. The monoisotopic (exact) mass is 534 g/mol. The van der Waals surface area contributed by atoms with E-state index in [-0.39, 0.29) is 18.5 Å². The molecule has 0 bridgehead atoms. The molecule has 212 valence electrons. The number of esters is 1. The highest BCUT2D eigenvalue weighted by molar-refractivity contribution is 5.98. The Bertz CT molecular complexity index is 1160. The van der Waals surface area contributed by atoms with Crippen molar-refractivity contribution in [3.63, 3.8) is 0 Å². The number of aliphatic imine (C=N–C) groups is 1. The van der Waals surface area contributed by atoms with Crippen molar-refractivity contribution in [2.45, 2.75) is 85.2 Å². The molecule has 2 aromatic rings. The fourth-order valence-electron chi connectivity index (χ4n) is 6.56. The van der Waals surface area contributed by atoms with Crippen molar-refractivity contribution in [3.8, 4) is 11.5 Å². The van der Waals surface area contributed by atoms with Crippen LogP contribution in [-0.2, 0) is 16.0 Å². The molecule has 0 aromatic heterocycles. The summed E-state index contributed by atoms with van der Waals surface area (Å²) in [4.78, 5) is 17.4. The predicted molar refractivity (Wildman–Crippen MR) is 158 cm³/mol. The van der Waals surface area contributed by atoms with E-state index in [0.29, 0.717) is 23.7 Å². The van der Waals surface area contributed by atoms with Gasteiger partial charge in [-0.1, -0.05) is 27.2 Å². The molecular formula is C33H46N2O4. The maximum Gasteiger partial charge on any atom is 0.310 e. The Balaban J connectivity index is 1.72. The van der Waals surface area contributed by atoms with Crippen LogP contribution in [0.5, 0.6) is 11.5 Å². The number of methoxy groups -OCH3 is 2. The van der Waals surface area contributed by atoms with Gasteiger partial charge in [0, 0.05) is 17.7 Å². The summed E-state index contributed by atoms with van der Waals surface area (Å²) in [5.41, 5.74) is 3.96. The van der Waals surface area contributed by atoms with Crippen molar-refractivity contribution in [1.82, 2.24) is 0 Å². The molecule has 1 fully saturated rings. The van der Waals surface area contributed by atoms with E-state index < -0.39 is 0 Å². The summed E-state index contributed by atoms with van der Waals surface area (Å²) in [5.74, 6) is 5.26. The van der Waals surface area contributed by atoms with Gasteiger partial charge in [-0.25, -0.2) is 4.99 Å². The van der Waals surface area contributed by atoms with Crippen LogP contribution in [0.15, 0.2) is 41.4 Å². The van der Waals surface area contributed by atoms with Gasteiger partial charge in [0.15, 0.2) is 0 Å². The Hall–Kier alpha value is -3.02. The van der Waals surface area contributed by atoms with Gasteiger partial charge >= 0.3 is 5.97 Å². The molecule has 6 heteroatoms. The fraction of sp³-hybridized carbons (Fsp3) is 0.576. The van der Waals surface area contributed by atoms with Gasteiger partial charge in [-0.3, -0.25) is 4.79 Å². The molecule has 0 radical (unpaired) electrons. The largest absolute Gasteiger partial charge is 0.496 e. The third-order valence-corrected chi connectivity index (χ3v) is 8.44. The van der Waals surface area contributed by atoms with Gasteiger partial charge in [0.1, 0.15) is 17.3 Å². The minimum Gasteiger partial charge on any atom is -0.496 e. The summed E-state index contributed by atoms with van der Waals surface area (Å²) in [6, 6.07) is 12.3. The summed E-state index contributed by atoms with van der Waals surface area (Å²) in [7, 11) is 3.10. The number of hydrogen-bond acceptors (Lipinski definition) is 6. The zero-order chi connectivity index (χ0) is 28.1. The summed E-state index contributed by atoms with van der Waals surface area (Å²) in [6.45, 7) is 11.2. The molecule has 4 rings (SSSR count). The Morgan fingerprint density at radius 1 is 1.05 bits per heavy atom. The Morgan fingerprint density at radius 3 is 2.44 bits per heavy atom. The van der Waals surface area contributed by atoms with Gasteiger partial charge in [0.25, 0.3) is 0 Å². The Morgan fingerprint density at radius 2 is 1.79 bits per heavy atom. The number of carbonyl (C=O) groups excluding carboxylic acids is 1. The first-order chi connectivity index (χ1) is 18.7. The molecule has 0 saturated heterocycles. The lowest BCUT2D eigenvalue weighted by Gasteiger charge is -2.42. The first kappa shape index (κ1) is 29.0. The van der Waals surface area contributed by atoms with Crippen LogP contribution in [0.2, 0.25) is 0 Å². The van der Waals surface area contributed by atoms with Gasteiger partial charge in [-0.15, -0.1) is 0 Å². The van der Waals surface area contributed by atoms with Crippen molar-refractivity contribution in [2.24, 2.45) is 28.7 Å². The molecule has 2 aliphatic rings. The molecule has 0 amide bonds. The van der Waals surface area contributed by atoms with Gasteiger partial charge in [0.2, 0.25) is 0 Å². The number of anilines is 1. The summed E-state index contributed by atoms with van der Waals surface area (Å²) in [6.07, 6.45) is 5.99. The Labute approximate surface area is 234 Å². The summed E-state index contributed by atoms with van der Waals surface area (Å²) >= 11 is 0. The van der Waals surface area contributed by atoms with Crippen LogP contribution >= 0.6 is 0 Å². The molecular weight excluding hydrogens is 488 g/mol. The fourth-order valence-corrected chi connectivity index (χ4v) is 6.56. The smallest absolute Gasteiger partial charge is 0.310 e. The second-order valence-electron chi connectivity index (χ2n) is 12.0. The highest BCUT2D eigenvalue weighted by Crippen LogP contribution is 2.50. The van der Waals surface area contributed by atoms with E-state index in [1.54, 1.807) is 7.11 Å². The second kappa shape index (κ2) is 12.9. The first-order valence-corrected chi connectivity index (χ1v) is 14.6. The molecule has 1 aliphatic heterocycles. The number of fused-ring (bicyclic) bond motifs is 1. The average Bonchev–Trinajstić information content (AvgIpc) is 3.07. The third kappa shape index (κ3) is 7.14. The van der Waals surface area contributed by atoms with Crippen LogP contribution in [0.1, 0.15) is 83.8 Å². The number of hydrogen-bond donors (Lipinski definition) is 1. The van der Waals surface area contributed by atoms with Gasteiger partial charge in [-0.05, 0) is 105 Å². The van der Waals surface area contributed by atoms with E-state index in [1.165, 1.54) is 31.9 Å². The molecule has 1 N–H and O–H groups in total. The van der Waals surface area contributed by atoms with E-state index in [1.807, 2.05) is 44.2 Å². The van der Waals surface area contributed by atoms with Crippen LogP contribution in [0.25, 0.3) is 0 Å². The van der Waals surface area contributed by atoms with Crippen molar-refractivity contribution in [3.05, 3.63) is 47.5 Å². The van der Waals surface area contributed by atoms with Crippen molar-refractivity contribution in [1.29, 1.82) is 0 Å². The number of amidine groups is 1. The maximum atomic E-state index is 12.2. The molecule has 0 spiro atoms. The van der Waals surface area contributed by atoms with Crippen LogP contribution in [0, 0.1) is 23.7 Å². The quantitative estimate of drug-likeness (QED) is 0.348. The number of carbonyl (C=O) groups is 1. The van der Waals surface area contributed by atoms with Gasteiger partial charge < -0.3 is 19.5 Å². The zero-order valence-electron chi connectivity index (χ0n) is 24.8. The molecule has 6 nitrogen and oxygen atoms in total. The van der Waals surface area contributed by atoms with E-state index >= 15 is 0 Å². The van der Waals surface area contributed by atoms with E-state index in [0.717, 1.165) is 53.0 Å². The predicted octanol–water partition coefficient (Wildman–Crippen LogP) is 7.93. The first-order valence-electron chi connectivity index (χ1n) is 14.6. The van der Waals surface area contributed by atoms with E-state index in [4.69, 9.17) is 19.2 Å². The SMILES string of the molecule is COC(=O)Cc1cc2c(cc1OC)[C@@H](C1C[C@H](C)CC[C@H]1C(C)C)CCC(Nc1ccc(OC(C)C)cc1)=N2. The number of nitrogens with one attached hydrogen (secondary N) is 1. The lowest BCUT2D eigenvalue weighted by Crippen LogP contribution is -2.32. The molecule has 4 atom stereocenters. The number of ether oxygens (including phenoxy) is 3. The topological polar surface area (TPSA) is 69.2 Å². The minimum atomic E-state index is -0.287. The van der Waals surface area contributed by atoms with E-state index in [2.05, 4.69) is 32.2 Å². The molecule has 1 unspecified atom stereocenters. The molecule has 2 aromatic carbocycles. The van der Waals surface area contributed by atoms with Crippen LogP contribution in [0.3, 0.4) is 0 Å². The number of nitrogens with zero attached hydrogens (tertiary/aromatic N) is 1. The zero-order valence-corrected chi connectivity index (χ0v) is 24.8. The van der Waals surface area contributed by atoms with E-state index in [9.17, 15) is 4.79 Å². The van der Waals surface area contributed by atoms with Crippen molar-refractivity contribution >= 4 is 23.2 Å². The average molecular weight is 535 g/mol. The Kier molecular flexibility index (Phi) is 9.58. The highest BCUT2D eigenvalue weighted by atomic mass is 16.5. The van der Waals surface area contributed by atoms with Crippen LogP contribution in [-0.4, -0.2) is 32.1 Å². The summed E-state index contributed by atoms with van der Waals surface area (Å²) in [5, 5.41) is 3.58. The maximum absolute atomic E-state index is 12.2. The standard InChI is InChI=1S/C33H46N2O4/c1-20(2)26-13-8-22(5)16-28(26)27-14-15-32(34-24-9-11-25(12-10-24)39-21(3)4)35-30-17-23(18-33(36)38-7)31(37-6)19-29(27)30/h9-12,17,19-22,26-28H,8,13-16,18H2,1-7H3,(H,34,35)/t22-,26+,27-,28?/m1/s1. The normalized spacial score (nSPS) is 23.1.